The summed E-state index contributed by atoms with van der Waals surface area (Å²) >= 11 is 3.89. The molecule has 2 atom stereocenters. The van der Waals surface area contributed by atoms with Gasteiger partial charge in [0.2, 0.25) is 0 Å². The smallest absolute Gasteiger partial charge is 0.312 e. The lowest BCUT2D eigenvalue weighted by Gasteiger charge is -2.58. The van der Waals surface area contributed by atoms with Crippen LogP contribution >= 0.6 is 15.9 Å². The average Bonchev–Trinajstić information content (AvgIpc) is 2.58. The lowest BCUT2D eigenvalue weighted by molar-refractivity contribution is -0.170. The first-order valence-corrected chi connectivity index (χ1v) is 10.3. The van der Waals surface area contributed by atoms with E-state index in [9.17, 15) is 14.4 Å². The molecule has 1 amide bonds. The lowest BCUT2D eigenvalue weighted by atomic mass is 9.49. The van der Waals surface area contributed by atoms with Gasteiger partial charge in [-0.1, -0.05) is 15.9 Å². The number of Topliss-reactive ketones (excluding diaryl/α,β-unsaturated/α-hetero) is 1. The van der Waals surface area contributed by atoms with Crippen LogP contribution in [-0.2, 0) is 14.3 Å². The second-order valence-corrected chi connectivity index (χ2v) is 10.3. The lowest BCUT2D eigenvalue weighted by Crippen LogP contribution is -2.56. The number of benzene rings is 1. The Morgan fingerprint density at radius 1 is 1.11 bits per heavy atom. The van der Waals surface area contributed by atoms with Crippen LogP contribution in [0.15, 0.2) is 24.3 Å². The van der Waals surface area contributed by atoms with Crippen LogP contribution in [0, 0.1) is 17.3 Å². The van der Waals surface area contributed by atoms with Crippen molar-refractivity contribution in [1.29, 1.82) is 0 Å². The molecule has 0 saturated heterocycles. The summed E-state index contributed by atoms with van der Waals surface area (Å²) in [7, 11) is 0. The number of alkyl halides is 1. The van der Waals surface area contributed by atoms with Crippen molar-refractivity contribution in [1.82, 2.24) is 0 Å². The molecule has 27 heavy (non-hydrogen) atoms. The molecule has 0 heterocycles. The number of rotatable bonds is 5. The van der Waals surface area contributed by atoms with Gasteiger partial charge in [0.05, 0.1) is 5.41 Å². The summed E-state index contributed by atoms with van der Waals surface area (Å²) in [6.45, 7) is 1.22. The van der Waals surface area contributed by atoms with E-state index in [2.05, 4.69) is 21.2 Å². The summed E-state index contributed by atoms with van der Waals surface area (Å²) in [5, 5.41) is 2.71. The number of carbonyl (C=O) groups is 3. The molecule has 6 heteroatoms. The quantitative estimate of drug-likeness (QED) is 0.430. The number of hydrogen-bond acceptors (Lipinski definition) is 4. The van der Waals surface area contributed by atoms with Crippen LogP contribution in [0.1, 0.15) is 55.8 Å². The van der Waals surface area contributed by atoms with Crippen LogP contribution in [0.25, 0.3) is 0 Å². The summed E-state index contributed by atoms with van der Waals surface area (Å²) in [6, 6.07) is 6.66. The van der Waals surface area contributed by atoms with E-state index in [0.717, 1.165) is 32.1 Å². The molecule has 2 unspecified atom stereocenters. The number of hydrogen-bond donors (Lipinski definition) is 1. The molecular weight excluding hydrogens is 410 g/mol. The molecule has 4 aliphatic carbocycles. The van der Waals surface area contributed by atoms with E-state index in [0.29, 0.717) is 23.1 Å². The molecule has 5 nitrogen and oxygen atoms in total. The Balaban J connectivity index is 1.34. The maximum atomic E-state index is 12.9. The monoisotopic (exact) mass is 433 g/mol. The Hall–Kier alpha value is -1.69. The van der Waals surface area contributed by atoms with Crippen LogP contribution < -0.4 is 5.32 Å². The number of amides is 1. The Bertz CT molecular complexity index is 774. The first-order chi connectivity index (χ1) is 12.8. The summed E-state index contributed by atoms with van der Waals surface area (Å²) in [6.07, 6.45) is 6.12. The van der Waals surface area contributed by atoms with Crippen molar-refractivity contribution < 1.29 is 19.1 Å². The zero-order chi connectivity index (χ0) is 19.2. The molecule has 0 aromatic heterocycles. The number of esters is 1. The third kappa shape index (κ3) is 3.68. The van der Waals surface area contributed by atoms with E-state index in [1.54, 1.807) is 24.3 Å². The minimum atomic E-state index is -0.420. The number of anilines is 1. The highest BCUT2D eigenvalue weighted by atomic mass is 79.9. The molecule has 144 valence electrons. The predicted octanol–water partition coefficient (Wildman–Crippen LogP) is 4.10. The highest BCUT2D eigenvalue weighted by Crippen LogP contribution is 2.64. The Kier molecular flexibility index (Phi) is 4.65. The molecule has 1 aromatic rings. The van der Waals surface area contributed by atoms with Gasteiger partial charge in [0.15, 0.2) is 12.4 Å². The van der Waals surface area contributed by atoms with Gasteiger partial charge in [-0.05, 0) is 81.5 Å². The summed E-state index contributed by atoms with van der Waals surface area (Å²) < 4.78 is 5.52. The molecule has 4 bridgehead atoms. The first-order valence-electron chi connectivity index (χ1n) is 9.54. The molecule has 0 aliphatic heterocycles. The molecule has 4 saturated carbocycles. The third-order valence-corrected chi connectivity index (χ3v) is 7.26. The van der Waals surface area contributed by atoms with Gasteiger partial charge >= 0.3 is 5.97 Å². The zero-order valence-electron chi connectivity index (χ0n) is 15.4. The largest absolute Gasteiger partial charge is 0.455 e. The van der Waals surface area contributed by atoms with Crippen LogP contribution in [-0.4, -0.2) is 28.6 Å². The molecule has 0 spiro atoms. The maximum Gasteiger partial charge on any atom is 0.312 e. The number of carbonyl (C=O) groups excluding carboxylic acids is 3. The van der Waals surface area contributed by atoms with E-state index in [1.807, 2.05) is 0 Å². The normalized spacial score (nSPS) is 33.6. The fourth-order valence-corrected chi connectivity index (χ4v) is 7.11. The Labute approximate surface area is 167 Å². The minimum Gasteiger partial charge on any atom is -0.455 e. The second-order valence-electron chi connectivity index (χ2n) is 8.65. The number of nitrogens with one attached hydrogen (secondary N) is 1. The Morgan fingerprint density at radius 3 is 2.30 bits per heavy atom. The summed E-state index contributed by atoms with van der Waals surface area (Å²) in [4.78, 5) is 36.3. The maximum absolute atomic E-state index is 12.9. The molecule has 1 aromatic carbocycles. The molecule has 5 rings (SSSR count). The third-order valence-electron chi connectivity index (χ3n) is 6.33. The standard InChI is InChI=1S/C21H24BrNO4/c1-13(24)16-2-4-17(5-3-16)23-18(25)11-27-19(26)20-7-14-6-15(8-20)10-21(22,9-14)12-20/h2-5,14-15H,6-12H2,1H3,(H,23,25). The van der Waals surface area contributed by atoms with Crippen LogP contribution in [0.4, 0.5) is 5.69 Å². The summed E-state index contributed by atoms with van der Waals surface area (Å²) in [5.41, 5.74) is 0.747. The topological polar surface area (TPSA) is 72.5 Å². The van der Waals surface area contributed by atoms with Gasteiger partial charge in [0.1, 0.15) is 0 Å². The van der Waals surface area contributed by atoms with Crippen molar-refractivity contribution in [2.24, 2.45) is 17.3 Å². The predicted molar refractivity (Wildman–Crippen MR) is 105 cm³/mol. The minimum absolute atomic E-state index is 0.0260. The van der Waals surface area contributed by atoms with Gasteiger partial charge < -0.3 is 10.1 Å². The van der Waals surface area contributed by atoms with Gasteiger partial charge in [-0.2, -0.15) is 0 Å². The van der Waals surface area contributed by atoms with E-state index in [1.165, 1.54) is 13.3 Å². The highest BCUT2D eigenvalue weighted by Gasteiger charge is 2.60. The first kappa shape index (κ1) is 18.7. The molecule has 4 aliphatic rings. The SMILES string of the molecule is CC(=O)c1ccc(NC(=O)COC(=O)C23CC4CC(CC(Br)(C4)C2)C3)cc1. The van der Waals surface area contributed by atoms with Crippen molar-refractivity contribution in [2.45, 2.75) is 49.8 Å². The van der Waals surface area contributed by atoms with Gasteiger partial charge in [0, 0.05) is 15.6 Å². The summed E-state index contributed by atoms with van der Waals surface area (Å²) in [5.74, 6) is 0.570. The number of ketones is 1. The van der Waals surface area contributed by atoms with Crippen LogP contribution in [0.3, 0.4) is 0 Å². The molecule has 1 N–H and O–H groups in total. The van der Waals surface area contributed by atoms with Crippen LogP contribution in [0.5, 0.6) is 0 Å². The van der Waals surface area contributed by atoms with Crippen LogP contribution in [0.2, 0.25) is 0 Å². The van der Waals surface area contributed by atoms with Crippen molar-refractivity contribution in [3.05, 3.63) is 29.8 Å². The van der Waals surface area contributed by atoms with Gasteiger partial charge in [-0.15, -0.1) is 0 Å². The zero-order valence-corrected chi connectivity index (χ0v) is 17.0. The second kappa shape index (κ2) is 6.73. The van der Waals surface area contributed by atoms with Gasteiger partial charge in [0.25, 0.3) is 5.91 Å². The van der Waals surface area contributed by atoms with Crippen molar-refractivity contribution in [3.8, 4) is 0 Å². The number of ether oxygens (including phenoxy) is 1. The van der Waals surface area contributed by atoms with E-state index < -0.39 is 5.41 Å². The Morgan fingerprint density at radius 2 is 1.74 bits per heavy atom. The van der Waals surface area contributed by atoms with Crippen molar-refractivity contribution in [2.75, 3.05) is 11.9 Å². The molecule has 0 radical (unpaired) electrons. The van der Waals surface area contributed by atoms with Crippen molar-refractivity contribution >= 4 is 39.3 Å². The van der Waals surface area contributed by atoms with Crippen molar-refractivity contribution in [3.63, 3.8) is 0 Å². The molecule has 4 fully saturated rings. The fraction of sp³-hybridized carbons (Fsp3) is 0.571. The van der Waals surface area contributed by atoms with E-state index in [-0.39, 0.29) is 28.6 Å². The van der Waals surface area contributed by atoms with Gasteiger partial charge in [-0.3, -0.25) is 14.4 Å². The average molecular weight is 434 g/mol. The highest BCUT2D eigenvalue weighted by molar-refractivity contribution is 9.10. The number of halogens is 1. The van der Waals surface area contributed by atoms with E-state index in [4.69, 9.17) is 4.74 Å². The van der Waals surface area contributed by atoms with E-state index >= 15 is 0 Å². The molecular formula is C21H24BrNO4. The van der Waals surface area contributed by atoms with Gasteiger partial charge in [-0.25, -0.2) is 0 Å². The fourth-order valence-electron chi connectivity index (χ4n) is 5.66.